The van der Waals surface area contributed by atoms with Gasteiger partial charge in [0.15, 0.2) is 0 Å². The zero-order valence-electron chi connectivity index (χ0n) is 19.1. The van der Waals surface area contributed by atoms with Gasteiger partial charge >= 0.3 is 5.97 Å². The number of amides is 1. The third-order valence-corrected chi connectivity index (χ3v) is 6.02. The molecule has 1 atom stereocenters. The molecule has 0 bridgehead atoms. The van der Waals surface area contributed by atoms with Gasteiger partial charge in [0.25, 0.3) is 11.5 Å². The number of nitrogens with one attached hydrogen (secondary N) is 3. The number of carboxylic acid groups (broad SMARTS) is 1. The number of rotatable bonds is 7. The maximum atomic E-state index is 13.5. The molecular formula is C28H22N4O4. The van der Waals surface area contributed by atoms with Crippen LogP contribution in [-0.4, -0.2) is 38.2 Å². The van der Waals surface area contributed by atoms with E-state index >= 15 is 0 Å². The molecule has 2 aromatic heterocycles. The van der Waals surface area contributed by atoms with E-state index in [0.717, 1.165) is 16.5 Å². The predicted octanol–water partition coefficient (Wildman–Crippen LogP) is 4.01. The molecule has 3 aromatic carbocycles. The molecular weight excluding hydrogens is 456 g/mol. The van der Waals surface area contributed by atoms with Crippen molar-refractivity contribution in [1.29, 1.82) is 0 Å². The van der Waals surface area contributed by atoms with Crippen molar-refractivity contribution in [1.82, 2.24) is 20.5 Å². The lowest BCUT2D eigenvalue weighted by molar-refractivity contribution is -0.139. The number of carbonyl (C=O) groups is 2. The number of carboxylic acids is 1. The number of fused-ring (bicyclic) bond motifs is 1. The summed E-state index contributed by atoms with van der Waals surface area (Å²) in [6.07, 6.45) is 1.77. The van der Waals surface area contributed by atoms with E-state index in [2.05, 4.69) is 20.5 Å². The summed E-state index contributed by atoms with van der Waals surface area (Å²) in [5, 5.41) is 20.0. The van der Waals surface area contributed by atoms with Gasteiger partial charge in [-0.1, -0.05) is 78.9 Å². The fourth-order valence-electron chi connectivity index (χ4n) is 4.31. The van der Waals surface area contributed by atoms with Gasteiger partial charge in [0.1, 0.15) is 11.6 Å². The lowest BCUT2D eigenvalue weighted by atomic mass is 9.95. The van der Waals surface area contributed by atoms with E-state index in [9.17, 15) is 19.5 Å². The molecule has 0 aliphatic heterocycles. The van der Waals surface area contributed by atoms with Gasteiger partial charge in [0.2, 0.25) is 0 Å². The third kappa shape index (κ3) is 4.39. The quantitative estimate of drug-likeness (QED) is 0.281. The number of hydrogen-bond donors (Lipinski definition) is 4. The van der Waals surface area contributed by atoms with Crippen molar-refractivity contribution in [2.24, 2.45) is 0 Å². The largest absolute Gasteiger partial charge is 0.480 e. The van der Waals surface area contributed by atoms with Crippen molar-refractivity contribution in [3.63, 3.8) is 0 Å². The Morgan fingerprint density at radius 3 is 2.22 bits per heavy atom. The Kier molecular flexibility index (Phi) is 6.15. The molecule has 1 amide bonds. The van der Waals surface area contributed by atoms with Gasteiger partial charge in [0, 0.05) is 34.6 Å². The van der Waals surface area contributed by atoms with E-state index in [1.54, 1.807) is 30.5 Å². The molecule has 36 heavy (non-hydrogen) atoms. The summed E-state index contributed by atoms with van der Waals surface area (Å²) in [5.41, 5.74) is 2.78. The molecule has 0 saturated carbocycles. The monoisotopic (exact) mass is 478 g/mol. The normalized spacial score (nSPS) is 11.8. The average molecular weight is 479 g/mol. The molecule has 0 saturated heterocycles. The number of benzene rings is 3. The fraction of sp³-hybridized carbons (Fsp3) is 0.0714. The highest BCUT2D eigenvalue weighted by molar-refractivity contribution is 6.04. The molecule has 0 spiro atoms. The van der Waals surface area contributed by atoms with Crippen LogP contribution in [0.1, 0.15) is 15.9 Å². The Labute approximate surface area is 205 Å². The number of carbonyl (C=O) groups excluding carboxylic acids is 1. The maximum absolute atomic E-state index is 13.5. The first-order chi connectivity index (χ1) is 17.5. The van der Waals surface area contributed by atoms with Crippen LogP contribution in [0.3, 0.4) is 0 Å². The van der Waals surface area contributed by atoms with E-state index in [4.69, 9.17) is 0 Å². The second kappa shape index (κ2) is 9.71. The van der Waals surface area contributed by atoms with Crippen molar-refractivity contribution >= 4 is 22.8 Å². The topological polar surface area (TPSA) is 128 Å². The molecule has 1 unspecified atom stereocenters. The molecule has 0 fully saturated rings. The zero-order chi connectivity index (χ0) is 25.1. The minimum atomic E-state index is -1.26. The third-order valence-electron chi connectivity index (χ3n) is 6.02. The highest BCUT2D eigenvalue weighted by Crippen LogP contribution is 2.31. The minimum absolute atomic E-state index is 0.0420. The molecule has 0 aliphatic rings. The number of para-hydroxylation sites is 1. The van der Waals surface area contributed by atoms with Crippen molar-refractivity contribution in [2.75, 3.05) is 0 Å². The standard InChI is InChI=1S/C28H22N4O4/c33-26(30-22(28(35)36)15-19-16-29-21-14-8-7-13-20(19)21)24-23(17-9-3-1-4-10-17)25(31-32-27(24)34)18-11-5-2-6-12-18/h1-14,16,22,29H,15H2,(H,30,33)(H,32,34)(H,35,36). The molecule has 2 heterocycles. The van der Waals surface area contributed by atoms with Gasteiger partial charge in [-0.3, -0.25) is 9.59 Å². The number of aliphatic carboxylic acids is 1. The highest BCUT2D eigenvalue weighted by Gasteiger charge is 2.28. The number of aromatic amines is 2. The Balaban J connectivity index is 1.57. The lowest BCUT2D eigenvalue weighted by Crippen LogP contribution is -2.44. The Morgan fingerprint density at radius 1 is 0.889 bits per heavy atom. The fourth-order valence-corrected chi connectivity index (χ4v) is 4.31. The molecule has 5 rings (SSSR count). The first-order valence-corrected chi connectivity index (χ1v) is 11.3. The molecule has 178 valence electrons. The molecule has 0 radical (unpaired) electrons. The average Bonchev–Trinajstić information content (AvgIpc) is 3.31. The van der Waals surface area contributed by atoms with Crippen LogP contribution in [0.4, 0.5) is 0 Å². The van der Waals surface area contributed by atoms with Crippen LogP contribution in [0.15, 0.2) is 95.9 Å². The first-order valence-electron chi connectivity index (χ1n) is 11.3. The molecule has 8 heteroatoms. The minimum Gasteiger partial charge on any atom is -0.480 e. The molecule has 8 nitrogen and oxygen atoms in total. The van der Waals surface area contributed by atoms with E-state index in [1.807, 2.05) is 60.7 Å². The summed E-state index contributed by atoms with van der Waals surface area (Å²) >= 11 is 0. The van der Waals surface area contributed by atoms with Crippen LogP contribution in [0, 0.1) is 0 Å². The van der Waals surface area contributed by atoms with Crippen molar-refractivity contribution in [3.8, 4) is 22.4 Å². The van der Waals surface area contributed by atoms with Gasteiger partial charge in [0.05, 0.1) is 5.69 Å². The van der Waals surface area contributed by atoms with E-state index < -0.39 is 23.5 Å². The molecule has 5 aromatic rings. The first kappa shape index (κ1) is 22.8. The van der Waals surface area contributed by atoms with Crippen molar-refractivity contribution in [3.05, 3.63) is 113 Å². The summed E-state index contributed by atoms with van der Waals surface area (Å²) in [6.45, 7) is 0. The number of aromatic nitrogens is 3. The lowest BCUT2D eigenvalue weighted by Gasteiger charge is -2.17. The van der Waals surface area contributed by atoms with Crippen LogP contribution in [0.2, 0.25) is 0 Å². The van der Waals surface area contributed by atoms with Crippen LogP contribution >= 0.6 is 0 Å². The van der Waals surface area contributed by atoms with Crippen LogP contribution in [0.25, 0.3) is 33.3 Å². The van der Waals surface area contributed by atoms with Crippen molar-refractivity contribution in [2.45, 2.75) is 12.5 Å². The molecule has 4 N–H and O–H groups in total. The Bertz CT molecular complexity index is 1610. The summed E-state index contributed by atoms with van der Waals surface area (Å²) in [7, 11) is 0. The van der Waals surface area contributed by atoms with Gasteiger partial charge in [-0.05, 0) is 17.2 Å². The van der Waals surface area contributed by atoms with Crippen LogP contribution < -0.4 is 10.9 Å². The zero-order valence-corrected chi connectivity index (χ0v) is 19.1. The van der Waals surface area contributed by atoms with Gasteiger partial charge in [-0.25, -0.2) is 9.89 Å². The number of hydrogen-bond acceptors (Lipinski definition) is 4. The number of H-pyrrole nitrogens is 2. The Morgan fingerprint density at radius 2 is 1.53 bits per heavy atom. The van der Waals surface area contributed by atoms with Crippen LogP contribution in [0.5, 0.6) is 0 Å². The predicted molar refractivity (Wildman–Crippen MR) is 137 cm³/mol. The van der Waals surface area contributed by atoms with Crippen LogP contribution in [-0.2, 0) is 11.2 Å². The smallest absolute Gasteiger partial charge is 0.326 e. The van der Waals surface area contributed by atoms with E-state index in [1.165, 1.54) is 0 Å². The number of nitrogens with zero attached hydrogens (tertiary/aromatic N) is 1. The van der Waals surface area contributed by atoms with E-state index in [-0.39, 0.29) is 12.0 Å². The summed E-state index contributed by atoms with van der Waals surface area (Å²) < 4.78 is 0. The molecule has 0 aliphatic carbocycles. The second-order valence-electron chi connectivity index (χ2n) is 8.31. The summed E-state index contributed by atoms with van der Waals surface area (Å²) in [6, 6.07) is 24.4. The van der Waals surface area contributed by atoms with Gasteiger partial charge < -0.3 is 15.4 Å². The van der Waals surface area contributed by atoms with E-state index in [0.29, 0.717) is 22.4 Å². The summed E-state index contributed by atoms with van der Waals surface area (Å²) in [5.74, 6) is -1.99. The van der Waals surface area contributed by atoms with Gasteiger partial charge in [-0.2, -0.15) is 5.10 Å². The Hall–Kier alpha value is -4.98. The second-order valence-corrected chi connectivity index (χ2v) is 8.31. The maximum Gasteiger partial charge on any atom is 0.326 e. The van der Waals surface area contributed by atoms with Gasteiger partial charge in [-0.15, -0.1) is 0 Å². The van der Waals surface area contributed by atoms with Crippen molar-refractivity contribution < 1.29 is 14.7 Å². The highest BCUT2D eigenvalue weighted by atomic mass is 16.4. The summed E-state index contributed by atoms with van der Waals surface area (Å²) in [4.78, 5) is 41.7. The SMILES string of the molecule is O=C(NC(Cc1c[nH]c2ccccc12)C(=O)O)c1c(-c2ccccc2)c(-c2ccccc2)n[nH]c1=O.